The van der Waals surface area contributed by atoms with Gasteiger partial charge in [-0.3, -0.25) is 0 Å². The predicted octanol–water partition coefficient (Wildman–Crippen LogP) is 0.939. The van der Waals surface area contributed by atoms with Crippen LogP contribution in [-0.2, 0) is 19.5 Å². The molecule has 12 heavy (non-hydrogen) atoms. The summed E-state index contributed by atoms with van der Waals surface area (Å²) >= 11 is 0. The maximum Gasteiger partial charge on any atom is 0.108 e. The average Bonchev–Trinajstić information content (AvgIpc) is 2.50. The largest absolute Gasteiger partial charge is 0.331 e. The van der Waals surface area contributed by atoms with Crippen LogP contribution in [-0.4, -0.2) is 16.6 Å². The van der Waals surface area contributed by atoms with Crippen molar-refractivity contribution in [2.75, 3.05) is 7.05 Å². The van der Waals surface area contributed by atoms with Crippen LogP contribution in [0.3, 0.4) is 0 Å². The third kappa shape index (κ3) is 1.25. The van der Waals surface area contributed by atoms with Gasteiger partial charge in [-0.1, -0.05) is 0 Å². The molecule has 66 valence electrons. The van der Waals surface area contributed by atoms with E-state index in [0.717, 1.165) is 19.5 Å². The monoisotopic (exact) mass is 165 g/mol. The van der Waals surface area contributed by atoms with E-state index in [1.54, 1.807) is 0 Å². The Morgan fingerprint density at radius 1 is 1.58 bits per heavy atom. The Morgan fingerprint density at radius 3 is 3.33 bits per heavy atom. The van der Waals surface area contributed by atoms with Crippen molar-refractivity contribution in [3.8, 4) is 0 Å². The Kier molecular flexibility index (Phi) is 2.13. The lowest BCUT2D eigenvalue weighted by molar-refractivity contribution is 0.503. The van der Waals surface area contributed by atoms with Crippen LogP contribution in [0, 0.1) is 0 Å². The zero-order valence-electron chi connectivity index (χ0n) is 7.51. The Labute approximate surface area is 72.8 Å². The molecule has 1 aromatic heterocycles. The van der Waals surface area contributed by atoms with Crippen LogP contribution in [0.5, 0.6) is 0 Å². The standard InChI is InChI=1S/C9H15N3/c1-10-6-8-7-11-9-4-2-3-5-12(8)9/h7,10H,2-6H2,1H3. The van der Waals surface area contributed by atoms with E-state index >= 15 is 0 Å². The highest BCUT2D eigenvalue weighted by Crippen LogP contribution is 2.15. The molecule has 0 aliphatic carbocycles. The van der Waals surface area contributed by atoms with Gasteiger partial charge in [-0.15, -0.1) is 0 Å². The minimum Gasteiger partial charge on any atom is -0.331 e. The summed E-state index contributed by atoms with van der Waals surface area (Å²) in [5.41, 5.74) is 1.33. The zero-order chi connectivity index (χ0) is 8.39. The van der Waals surface area contributed by atoms with E-state index in [4.69, 9.17) is 0 Å². The van der Waals surface area contributed by atoms with E-state index < -0.39 is 0 Å². The molecule has 0 radical (unpaired) electrons. The third-order valence-electron chi connectivity index (χ3n) is 2.41. The molecule has 0 saturated heterocycles. The van der Waals surface area contributed by atoms with Crippen molar-refractivity contribution in [3.63, 3.8) is 0 Å². The number of aromatic nitrogens is 2. The van der Waals surface area contributed by atoms with E-state index in [0.29, 0.717) is 0 Å². The first-order valence-electron chi connectivity index (χ1n) is 4.59. The molecule has 0 saturated carbocycles. The minimum absolute atomic E-state index is 0.938. The molecule has 0 fully saturated rings. The summed E-state index contributed by atoms with van der Waals surface area (Å²) in [7, 11) is 1.97. The second-order valence-corrected chi connectivity index (χ2v) is 3.30. The molecule has 1 N–H and O–H groups in total. The van der Waals surface area contributed by atoms with Crippen molar-refractivity contribution in [2.45, 2.75) is 32.4 Å². The maximum absolute atomic E-state index is 4.40. The fraction of sp³-hybridized carbons (Fsp3) is 0.667. The molecule has 0 spiro atoms. The molecule has 1 aliphatic heterocycles. The number of hydrogen-bond acceptors (Lipinski definition) is 2. The molecule has 3 nitrogen and oxygen atoms in total. The van der Waals surface area contributed by atoms with Crippen molar-refractivity contribution in [1.82, 2.24) is 14.9 Å². The molecule has 1 aromatic rings. The Hall–Kier alpha value is -0.830. The molecule has 3 heteroatoms. The summed E-state index contributed by atoms with van der Waals surface area (Å²) in [5.74, 6) is 1.27. The van der Waals surface area contributed by atoms with Crippen molar-refractivity contribution in [1.29, 1.82) is 0 Å². The molecule has 0 aromatic carbocycles. The van der Waals surface area contributed by atoms with Crippen molar-refractivity contribution in [2.24, 2.45) is 0 Å². The van der Waals surface area contributed by atoms with Crippen LogP contribution in [0.2, 0.25) is 0 Å². The van der Waals surface area contributed by atoms with Crippen LogP contribution >= 0.6 is 0 Å². The van der Waals surface area contributed by atoms with Gasteiger partial charge in [-0.25, -0.2) is 4.98 Å². The number of fused-ring (bicyclic) bond motifs is 1. The second kappa shape index (κ2) is 3.27. The summed E-state index contributed by atoms with van der Waals surface area (Å²) in [5, 5.41) is 3.16. The molecule has 2 rings (SSSR count). The van der Waals surface area contributed by atoms with Gasteiger partial charge < -0.3 is 9.88 Å². The first-order valence-corrected chi connectivity index (χ1v) is 4.59. The zero-order valence-corrected chi connectivity index (χ0v) is 7.51. The highest BCUT2D eigenvalue weighted by molar-refractivity contribution is 5.07. The van der Waals surface area contributed by atoms with E-state index in [2.05, 4.69) is 14.9 Å². The molecular weight excluding hydrogens is 150 g/mol. The van der Waals surface area contributed by atoms with Gasteiger partial charge in [0.25, 0.3) is 0 Å². The second-order valence-electron chi connectivity index (χ2n) is 3.30. The average molecular weight is 165 g/mol. The van der Waals surface area contributed by atoms with Gasteiger partial charge in [0.15, 0.2) is 0 Å². The maximum atomic E-state index is 4.40. The summed E-state index contributed by atoms with van der Waals surface area (Å²) in [4.78, 5) is 4.40. The SMILES string of the molecule is CNCc1cnc2n1CCCC2. The smallest absolute Gasteiger partial charge is 0.108 e. The number of aryl methyl sites for hydroxylation is 1. The minimum atomic E-state index is 0.938. The normalized spacial score (nSPS) is 16.1. The Morgan fingerprint density at radius 2 is 2.50 bits per heavy atom. The van der Waals surface area contributed by atoms with E-state index in [1.165, 1.54) is 24.4 Å². The van der Waals surface area contributed by atoms with Crippen LogP contribution in [0.4, 0.5) is 0 Å². The van der Waals surface area contributed by atoms with E-state index in [9.17, 15) is 0 Å². The van der Waals surface area contributed by atoms with Gasteiger partial charge in [0, 0.05) is 25.7 Å². The topological polar surface area (TPSA) is 29.9 Å². The summed E-state index contributed by atoms with van der Waals surface area (Å²) in [6, 6.07) is 0. The van der Waals surface area contributed by atoms with Crippen molar-refractivity contribution < 1.29 is 0 Å². The van der Waals surface area contributed by atoms with Gasteiger partial charge in [-0.05, 0) is 19.9 Å². The van der Waals surface area contributed by atoms with Crippen LogP contribution in [0.1, 0.15) is 24.4 Å². The lowest BCUT2D eigenvalue weighted by Gasteiger charge is -2.15. The van der Waals surface area contributed by atoms with Gasteiger partial charge >= 0.3 is 0 Å². The predicted molar refractivity (Wildman–Crippen MR) is 47.9 cm³/mol. The number of nitrogens with zero attached hydrogens (tertiary/aromatic N) is 2. The highest BCUT2D eigenvalue weighted by Gasteiger charge is 2.12. The summed E-state index contributed by atoms with van der Waals surface area (Å²) in [6.45, 7) is 2.10. The Balaban J connectivity index is 2.25. The summed E-state index contributed by atoms with van der Waals surface area (Å²) < 4.78 is 2.35. The first kappa shape index (κ1) is 7.80. The van der Waals surface area contributed by atoms with Gasteiger partial charge in [0.05, 0.1) is 5.69 Å². The van der Waals surface area contributed by atoms with Crippen molar-refractivity contribution >= 4 is 0 Å². The van der Waals surface area contributed by atoms with Crippen LogP contribution in [0.25, 0.3) is 0 Å². The fourth-order valence-electron chi connectivity index (χ4n) is 1.80. The molecule has 1 aliphatic rings. The van der Waals surface area contributed by atoms with Crippen molar-refractivity contribution in [3.05, 3.63) is 17.7 Å². The van der Waals surface area contributed by atoms with E-state index in [1.807, 2.05) is 13.2 Å². The highest BCUT2D eigenvalue weighted by atomic mass is 15.1. The quantitative estimate of drug-likeness (QED) is 0.706. The summed E-state index contributed by atoms with van der Waals surface area (Å²) in [6.07, 6.45) is 5.76. The lowest BCUT2D eigenvalue weighted by atomic mass is 10.2. The van der Waals surface area contributed by atoms with E-state index in [-0.39, 0.29) is 0 Å². The number of nitrogens with one attached hydrogen (secondary N) is 1. The van der Waals surface area contributed by atoms with Crippen LogP contribution in [0.15, 0.2) is 6.20 Å². The van der Waals surface area contributed by atoms with Gasteiger partial charge in [0.2, 0.25) is 0 Å². The number of hydrogen-bond donors (Lipinski definition) is 1. The fourth-order valence-corrected chi connectivity index (χ4v) is 1.80. The van der Waals surface area contributed by atoms with Gasteiger partial charge in [0.1, 0.15) is 5.82 Å². The molecule has 0 bridgehead atoms. The molecule has 0 unspecified atom stereocenters. The molecule has 0 amide bonds. The lowest BCUT2D eigenvalue weighted by Crippen LogP contribution is -2.16. The van der Waals surface area contributed by atoms with Gasteiger partial charge in [-0.2, -0.15) is 0 Å². The molecule has 0 atom stereocenters. The number of rotatable bonds is 2. The third-order valence-corrected chi connectivity index (χ3v) is 2.41. The number of imidazole rings is 1. The molecule has 2 heterocycles. The van der Waals surface area contributed by atoms with Crippen LogP contribution < -0.4 is 5.32 Å². The molecular formula is C9H15N3. The first-order chi connectivity index (χ1) is 5.92. The Bertz CT molecular complexity index is 265.